The molecule has 0 amide bonds. The number of hydrogen-bond donors (Lipinski definition) is 1. The van der Waals surface area contributed by atoms with E-state index in [0.717, 1.165) is 18.2 Å². The smallest absolute Gasteiger partial charge is 0.317 e. The summed E-state index contributed by atoms with van der Waals surface area (Å²) in [6.07, 6.45) is -3.37. The molecular weight excluding hydrogens is 303 g/mol. The van der Waals surface area contributed by atoms with Crippen LogP contribution in [0, 0.1) is 5.92 Å². The van der Waals surface area contributed by atoms with Gasteiger partial charge < -0.3 is 5.32 Å². The summed E-state index contributed by atoms with van der Waals surface area (Å²) in [7, 11) is -1.99. The van der Waals surface area contributed by atoms with Gasteiger partial charge in [0.15, 0.2) is 9.84 Å². The normalized spacial score (nSPS) is 27.0. The third-order valence-electron chi connectivity index (χ3n) is 4.24. The van der Waals surface area contributed by atoms with Crippen LogP contribution in [-0.4, -0.2) is 26.8 Å². The fourth-order valence-corrected chi connectivity index (χ4v) is 5.11. The summed E-state index contributed by atoms with van der Waals surface area (Å²) in [6, 6.07) is 4.08. The molecule has 1 aliphatic carbocycles. The van der Waals surface area contributed by atoms with E-state index in [2.05, 4.69) is 5.32 Å². The van der Waals surface area contributed by atoms with Gasteiger partial charge in [-0.05, 0) is 44.0 Å². The molecule has 2 rings (SSSR count). The van der Waals surface area contributed by atoms with Gasteiger partial charge in [-0.25, -0.2) is 8.42 Å². The van der Waals surface area contributed by atoms with Crippen molar-refractivity contribution in [1.82, 2.24) is 5.32 Å². The maximum absolute atomic E-state index is 12.7. The molecular formula is C14H18F3NO2S. The van der Waals surface area contributed by atoms with E-state index in [1.807, 2.05) is 6.92 Å². The van der Waals surface area contributed by atoms with Gasteiger partial charge in [-0.1, -0.05) is 13.0 Å². The molecule has 1 N–H and O–H groups in total. The molecule has 0 radical (unpaired) electrons. The minimum atomic E-state index is -4.54. The quantitative estimate of drug-likeness (QED) is 0.931. The number of nitrogens with one attached hydrogen (secondary N) is 1. The summed E-state index contributed by atoms with van der Waals surface area (Å²) in [5, 5.41) is 2.42. The Morgan fingerprint density at radius 1 is 1.24 bits per heavy atom. The van der Waals surface area contributed by atoms with E-state index < -0.39 is 26.8 Å². The predicted molar refractivity (Wildman–Crippen MR) is 73.7 cm³/mol. The van der Waals surface area contributed by atoms with Gasteiger partial charge in [0.25, 0.3) is 0 Å². The van der Waals surface area contributed by atoms with Gasteiger partial charge in [0.1, 0.15) is 0 Å². The zero-order valence-corrected chi connectivity index (χ0v) is 12.6. The second-order valence-corrected chi connectivity index (χ2v) is 7.61. The topological polar surface area (TPSA) is 46.2 Å². The Morgan fingerprint density at radius 3 is 2.43 bits per heavy atom. The number of hydrogen-bond acceptors (Lipinski definition) is 3. The number of sulfone groups is 1. The van der Waals surface area contributed by atoms with Crippen LogP contribution in [0.4, 0.5) is 13.2 Å². The Balaban J connectivity index is 2.37. The lowest BCUT2D eigenvalue weighted by molar-refractivity contribution is -0.137. The van der Waals surface area contributed by atoms with E-state index in [0.29, 0.717) is 12.8 Å². The van der Waals surface area contributed by atoms with Crippen molar-refractivity contribution in [2.75, 3.05) is 7.05 Å². The van der Waals surface area contributed by atoms with Crippen molar-refractivity contribution >= 4 is 9.84 Å². The van der Waals surface area contributed by atoms with Crippen LogP contribution in [0.25, 0.3) is 0 Å². The lowest BCUT2D eigenvalue weighted by Crippen LogP contribution is -2.34. The summed E-state index contributed by atoms with van der Waals surface area (Å²) in [5.74, 6) is -0.130. The number of rotatable bonds is 3. The van der Waals surface area contributed by atoms with E-state index in [1.165, 1.54) is 6.07 Å². The highest BCUT2D eigenvalue weighted by Crippen LogP contribution is 2.36. The number of benzene rings is 1. The van der Waals surface area contributed by atoms with Crippen molar-refractivity contribution in [2.45, 2.75) is 42.1 Å². The van der Waals surface area contributed by atoms with Crippen molar-refractivity contribution in [2.24, 2.45) is 5.92 Å². The van der Waals surface area contributed by atoms with E-state index in [4.69, 9.17) is 0 Å². The minimum absolute atomic E-state index is 0.0792. The molecule has 7 heteroatoms. The summed E-state index contributed by atoms with van der Waals surface area (Å²) < 4.78 is 63.3. The monoisotopic (exact) mass is 321 g/mol. The number of alkyl halides is 3. The second kappa shape index (κ2) is 5.61. The van der Waals surface area contributed by atoms with Crippen LogP contribution in [-0.2, 0) is 16.0 Å². The van der Waals surface area contributed by atoms with Crippen LogP contribution in [0.3, 0.4) is 0 Å². The van der Waals surface area contributed by atoms with Crippen LogP contribution in [0.1, 0.15) is 25.3 Å². The molecule has 1 aromatic rings. The SMILES string of the molecule is CNC1CCC(S(=O)(=O)c2cccc(C(F)(F)F)c2)C1C. The van der Waals surface area contributed by atoms with E-state index >= 15 is 0 Å². The zero-order valence-electron chi connectivity index (χ0n) is 11.8. The van der Waals surface area contributed by atoms with Crippen molar-refractivity contribution in [3.63, 3.8) is 0 Å². The summed E-state index contributed by atoms with van der Waals surface area (Å²) in [4.78, 5) is -0.245. The molecule has 118 valence electrons. The molecule has 3 unspecified atom stereocenters. The van der Waals surface area contributed by atoms with Crippen LogP contribution in [0.2, 0.25) is 0 Å². The first-order chi connectivity index (χ1) is 9.67. The molecule has 0 spiro atoms. The molecule has 1 saturated carbocycles. The minimum Gasteiger partial charge on any atom is -0.317 e. The first-order valence-electron chi connectivity index (χ1n) is 6.76. The molecule has 1 fully saturated rings. The molecule has 3 nitrogen and oxygen atoms in total. The van der Waals surface area contributed by atoms with E-state index in [9.17, 15) is 21.6 Å². The maximum atomic E-state index is 12.7. The van der Waals surface area contributed by atoms with Crippen LogP contribution in [0.15, 0.2) is 29.2 Å². The van der Waals surface area contributed by atoms with Crippen molar-refractivity contribution in [3.8, 4) is 0 Å². The lowest BCUT2D eigenvalue weighted by Gasteiger charge is -2.21. The van der Waals surface area contributed by atoms with Crippen LogP contribution in [0.5, 0.6) is 0 Å². The van der Waals surface area contributed by atoms with Gasteiger partial charge in [-0.2, -0.15) is 13.2 Å². The molecule has 1 aliphatic rings. The average molecular weight is 321 g/mol. The van der Waals surface area contributed by atoms with Gasteiger partial charge in [0.05, 0.1) is 15.7 Å². The fourth-order valence-electron chi connectivity index (χ4n) is 3.00. The number of halogens is 3. The summed E-state index contributed by atoms with van der Waals surface area (Å²) >= 11 is 0. The molecule has 1 aromatic carbocycles. The van der Waals surface area contributed by atoms with Gasteiger partial charge in [0, 0.05) is 6.04 Å². The highest BCUT2D eigenvalue weighted by Gasteiger charge is 2.41. The zero-order chi connectivity index (χ0) is 15.8. The van der Waals surface area contributed by atoms with Crippen molar-refractivity contribution < 1.29 is 21.6 Å². The Labute approximate surface area is 122 Å². The predicted octanol–water partition coefficient (Wildman–Crippen LogP) is 2.87. The molecule has 0 aromatic heterocycles. The van der Waals surface area contributed by atoms with Gasteiger partial charge in [-0.15, -0.1) is 0 Å². The van der Waals surface area contributed by atoms with Gasteiger partial charge >= 0.3 is 6.18 Å². The maximum Gasteiger partial charge on any atom is 0.416 e. The molecule has 0 aliphatic heterocycles. The molecule has 21 heavy (non-hydrogen) atoms. The molecule has 0 heterocycles. The second-order valence-electron chi connectivity index (χ2n) is 5.44. The van der Waals surface area contributed by atoms with E-state index in [1.54, 1.807) is 7.05 Å². The van der Waals surface area contributed by atoms with E-state index in [-0.39, 0.29) is 16.9 Å². The highest BCUT2D eigenvalue weighted by molar-refractivity contribution is 7.92. The van der Waals surface area contributed by atoms with Crippen LogP contribution < -0.4 is 5.32 Å². The fraction of sp³-hybridized carbons (Fsp3) is 0.571. The Bertz CT molecular complexity index is 613. The first-order valence-corrected chi connectivity index (χ1v) is 8.31. The lowest BCUT2D eigenvalue weighted by atomic mass is 10.1. The first kappa shape index (κ1) is 16.3. The third kappa shape index (κ3) is 3.08. The molecule has 0 bridgehead atoms. The van der Waals surface area contributed by atoms with Crippen molar-refractivity contribution in [1.29, 1.82) is 0 Å². The summed E-state index contributed by atoms with van der Waals surface area (Å²) in [6.45, 7) is 1.82. The standard InChI is InChI=1S/C14H18F3NO2S/c1-9-12(18-2)6-7-13(9)21(19,20)11-5-3-4-10(8-11)14(15,16)17/h3-5,8-9,12-13,18H,6-7H2,1-2H3. The average Bonchev–Trinajstić information content (AvgIpc) is 2.79. The Morgan fingerprint density at radius 2 is 1.90 bits per heavy atom. The largest absolute Gasteiger partial charge is 0.416 e. The Kier molecular flexibility index (Phi) is 4.35. The Hall–Kier alpha value is -1.08. The molecule has 3 atom stereocenters. The van der Waals surface area contributed by atoms with Crippen LogP contribution >= 0.6 is 0 Å². The van der Waals surface area contributed by atoms with Crippen molar-refractivity contribution in [3.05, 3.63) is 29.8 Å². The summed E-state index contributed by atoms with van der Waals surface area (Å²) in [5.41, 5.74) is -0.931. The highest BCUT2D eigenvalue weighted by atomic mass is 32.2. The van der Waals surface area contributed by atoms with Gasteiger partial charge in [0.2, 0.25) is 0 Å². The third-order valence-corrected chi connectivity index (χ3v) is 6.62. The van der Waals surface area contributed by atoms with Gasteiger partial charge in [-0.3, -0.25) is 0 Å². The molecule has 0 saturated heterocycles.